The van der Waals surface area contributed by atoms with E-state index in [1.54, 1.807) is 0 Å². The largest absolute Gasteiger partial charge is 0.324 e. The lowest BCUT2D eigenvalue weighted by Gasteiger charge is -2.14. The van der Waals surface area contributed by atoms with Crippen LogP contribution in [0.25, 0.3) is 43.4 Å². The Bertz CT molecular complexity index is 1420. The molecule has 2 heterocycles. The van der Waals surface area contributed by atoms with Gasteiger partial charge in [0.15, 0.2) is 0 Å². The topological polar surface area (TPSA) is 37.8 Å². The van der Waals surface area contributed by atoms with Gasteiger partial charge in [-0.15, -0.1) is 0 Å². The molecule has 3 heteroatoms. The van der Waals surface area contributed by atoms with Gasteiger partial charge < -0.3 is 5.32 Å². The van der Waals surface area contributed by atoms with Gasteiger partial charge in [0.2, 0.25) is 0 Å². The summed E-state index contributed by atoms with van der Waals surface area (Å²) in [5, 5.41) is 10.4. The zero-order chi connectivity index (χ0) is 19.2. The molecule has 1 N–H and O–H groups in total. The Balaban J connectivity index is 1.64. The van der Waals surface area contributed by atoms with E-state index < -0.39 is 0 Å². The SMILES string of the molecule is c1ccc2c(c1)nc(Nc1nc3ccccc3c3ccccc13)c1ccccc12. The molecule has 0 spiro atoms. The summed E-state index contributed by atoms with van der Waals surface area (Å²) in [6, 6.07) is 33.3. The summed E-state index contributed by atoms with van der Waals surface area (Å²) >= 11 is 0. The molecule has 136 valence electrons. The number of aromatic nitrogens is 2. The lowest BCUT2D eigenvalue weighted by molar-refractivity contribution is 1.35. The van der Waals surface area contributed by atoms with Crippen LogP contribution in [0, 0.1) is 0 Å². The molecule has 0 radical (unpaired) electrons. The molecule has 0 unspecified atom stereocenters. The first-order chi connectivity index (χ1) is 14.4. The molecule has 0 fully saturated rings. The van der Waals surface area contributed by atoms with Crippen molar-refractivity contribution in [2.24, 2.45) is 0 Å². The zero-order valence-electron chi connectivity index (χ0n) is 15.6. The Morgan fingerprint density at radius 3 is 1.17 bits per heavy atom. The second-order valence-electron chi connectivity index (χ2n) is 7.17. The first-order valence-electron chi connectivity index (χ1n) is 9.70. The van der Waals surface area contributed by atoms with Gasteiger partial charge in [-0.25, -0.2) is 9.97 Å². The van der Waals surface area contributed by atoms with E-state index in [1.807, 2.05) is 12.1 Å². The van der Waals surface area contributed by atoms with Crippen molar-refractivity contribution in [2.45, 2.75) is 0 Å². The van der Waals surface area contributed by atoms with Gasteiger partial charge in [-0.05, 0) is 22.9 Å². The minimum absolute atomic E-state index is 0.826. The molecule has 29 heavy (non-hydrogen) atoms. The van der Waals surface area contributed by atoms with E-state index in [-0.39, 0.29) is 0 Å². The van der Waals surface area contributed by atoms with Gasteiger partial charge in [-0.3, -0.25) is 0 Å². The van der Waals surface area contributed by atoms with Crippen LogP contribution in [0.5, 0.6) is 0 Å². The van der Waals surface area contributed by atoms with Gasteiger partial charge in [-0.2, -0.15) is 0 Å². The number of hydrogen-bond donors (Lipinski definition) is 1. The summed E-state index contributed by atoms with van der Waals surface area (Å²) in [5.41, 5.74) is 1.94. The van der Waals surface area contributed by atoms with Gasteiger partial charge >= 0.3 is 0 Å². The highest BCUT2D eigenvalue weighted by Crippen LogP contribution is 2.34. The average Bonchev–Trinajstić information content (AvgIpc) is 2.79. The van der Waals surface area contributed by atoms with Gasteiger partial charge in [0.25, 0.3) is 0 Å². The second-order valence-corrected chi connectivity index (χ2v) is 7.17. The van der Waals surface area contributed by atoms with Crippen LogP contribution < -0.4 is 5.32 Å². The van der Waals surface area contributed by atoms with E-state index in [4.69, 9.17) is 9.97 Å². The maximum absolute atomic E-state index is 4.93. The molecular weight excluding hydrogens is 354 g/mol. The third-order valence-corrected chi connectivity index (χ3v) is 5.45. The number of nitrogens with one attached hydrogen (secondary N) is 1. The number of rotatable bonds is 2. The highest BCUT2D eigenvalue weighted by atomic mass is 15.1. The molecule has 6 aromatic rings. The number of hydrogen-bond acceptors (Lipinski definition) is 3. The van der Waals surface area contributed by atoms with E-state index in [0.29, 0.717) is 0 Å². The Morgan fingerprint density at radius 1 is 0.379 bits per heavy atom. The van der Waals surface area contributed by atoms with Crippen LogP contribution in [-0.2, 0) is 0 Å². The average molecular weight is 371 g/mol. The van der Waals surface area contributed by atoms with Crippen LogP contribution in [0.1, 0.15) is 0 Å². The second kappa shape index (κ2) is 6.28. The maximum Gasteiger partial charge on any atom is 0.140 e. The molecule has 0 aliphatic rings. The standard InChI is InChI=1S/C26H17N3/c1-3-13-21-17(9-1)19-11-5-7-15-23(19)27-25(21)29-26-22-14-4-2-10-18(22)20-12-6-8-16-24(20)28-26/h1-16H,(H,27,28,29). The third-order valence-electron chi connectivity index (χ3n) is 5.45. The van der Waals surface area contributed by atoms with Crippen molar-refractivity contribution < 1.29 is 0 Å². The fraction of sp³-hybridized carbons (Fsp3) is 0. The molecular formula is C26H17N3. The molecule has 6 rings (SSSR count). The first-order valence-corrected chi connectivity index (χ1v) is 9.70. The van der Waals surface area contributed by atoms with Crippen LogP contribution in [-0.4, -0.2) is 9.97 Å². The lowest BCUT2D eigenvalue weighted by Crippen LogP contribution is -1.99. The van der Waals surface area contributed by atoms with Crippen molar-refractivity contribution in [3.8, 4) is 0 Å². The fourth-order valence-corrected chi connectivity index (χ4v) is 4.11. The Kier molecular flexibility index (Phi) is 3.47. The number of pyridine rings is 2. The van der Waals surface area contributed by atoms with Crippen LogP contribution >= 0.6 is 0 Å². The monoisotopic (exact) mass is 371 g/mol. The molecule has 0 bridgehead atoms. The number of fused-ring (bicyclic) bond motifs is 6. The summed E-state index contributed by atoms with van der Waals surface area (Å²) in [7, 11) is 0. The van der Waals surface area contributed by atoms with E-state index in [0.717, 1.165) is 44.2 Å². The van der Waals surface area contributed by atoms with Gasteiger partial charge in [-0.1, -0.05) is 84.9 Å². The van der Waals surface area contributed by atoms with Crippen LogP contribution in [0.3, 0.4) is 0 Å². The van der Waals surface area contributed by atoms with E-state index in [1.165, 1.54) is 10.8 Å². The molecule has 0 saturated carbocycles. The molecule has 2 aromatic heterocycles. The van der Waals surface area contributed by atoms with Crippen molar-refractivity contribution in [2.75, 3.05) is 5.32 Å². The van der Waals surface area contributed by atoms with E-state index >= 15 is 0 Å². The number of nitrogens with zero attached hydrogens (tertiary/aromatic N) is 2. The van der Waals surface area contributed by atoms with Crippen molar-refractivity contribution >= 4 is 55.0 Å². The summed E-state index contributed by atoms with van der Waals surface area (Å²) in [4.78, 5) is 9.87. The molecule has 0 atom stereocenters. The number of anilines is 2. The molecule has 4 aromatic carbocycles. The molecule has 3 nitrogen and oxygen atoms in total. The maximum atomic E-state index is 4.93. The van der Waals surface area contributed by atoms with Gasteiger partial charge in [0.1, 0.15) is 11.6 Å². The predicted molar refractivity (Wildman–Crippen MR) is 122 cm³/mol. The van der Waals surface area contributed by atoms with Gasteiger partial charge in [0, 0.05) is 21.5 Å². The van der Waals surface area contributed by atoms with Crippen LogP contribution in [0.15, 0.2) is 97.1 Å². The smallest absolute Gasteiger partial charge is 0.140 e. The van der Waals surface area contributed by atoms with Crippen molar-refractivity contribution in [3.63, 3.8) is 0 Å². The summed E-state index contributed by atoms with van der Waals surface area (Å²) in [6.45, 7) is 0. The normalized spacial score (nSPS) is 11.4. The van der Waals surface area contributed by atoms with Crippen molar-refractivity contribution in [1.29, 1.82) is 0 Å². The Morgan fingerprint density at radius 2 is 0.724 bits per heavy atom. The molecule has 0 aliphatic carbocycles. The van der Waals surface area contributed by atoms with E-state index in [2.05, 4.69) is 90.2 Å². The van der Waals surface area contributed by atoms with Gasteiger partial charge in [0.05, 0.1) is 11.0 Å². The summed E-state index contributed by atoms with van der Waals surface area (Å²) < 4.78 is 0. The Hall–Kier alpha value is -3.98. The lowest BCUT2D eigenvalue weighted by atomic mass is 10.0. The highest BCUT2D eigenvalue weighted by molar-refractivity contribution is 6.13. The molecule has 0 saturated heterocycles. The predicted octanol–water partition coefficient (Wildman–Crippen LogP) is 6.83. The quantitative estimate of drug-likeness (QED) is 0.339. The first kappa shape index (κ1) is 16.0. The number of para-hydroxylation sites is 2. The summed E-state index contributed by atoms with van der Waals surface area (Å²) in [6.07, 6.45) is 0. The molecule has 0 aliphatic heterocycles. The minimum atomic E-state index is 0.826. The van der Waals surface area contributed by atoms with Crippen molar-refractivity contribution in [3.05, 3.63) is 97.1 Å². The van der Waals surface area contributed by atoms with Crippen LogP contribution in [0.4, 0.5) is 11.6 Å². The zero-order valence-corrected chi connectivity index (χ0v) is 15.6. The summed E-state index contributed by atoms with van der Waals surface area (Å²) in [5.74, 6) is 1.65. The van der Waals surface area contributed by atoms with E-state index in [9.17, 15) is 0 Å². The fourth-order valence-electron chi connectivity index (χ4n) is 4.11. The molecule has 0 amide bonds. The van der Waals surface area contributed by atoms with Crippen LogP contribution in [0.2, 0.25) is 0 Å². The Labute approximate surface area is 167 Å². The number of benzene rings is 4. The van der Waals surface area contributed by atoms with Crippen molar-refractivity contribution in [1.82, 2.24) is 9.97 Å². The minimum Gasteiger partial charge on any atom is -0.324 e. The third kappa shape index (κ3) is 2.52. The highest BCUT2D eigenvalue weighted by Gasteiger charge is 2.12.